The summed E-state index contributed by atoms with van der Waals surface area (Å²) < 4.78 is 11.5. The summed E-state index contributed by atoms with van der Waals surface area (Å²) in [7, 11) is 0. The molecule has 1 N–H and O–H groups in total. The molecular formula is C27H37NO5. The lowest BCUT2D eigenvalue weighted by Gasteiger charge is -2.11. The maximum atomic E-state index is 10.6. The number of benzene rings is 2. The van der Waals surface area contributed by atoms with Gasteiger partial charge in [0.2, 0.25) is 0 Å². The maximum absolute atomic E-state index is 10.6. The Morgan fingerprint density at radius 2 is 1.24 bits per heavy atom. The first kappa shape index (κ1) is 26.2. The van der Waals surface area contributed by atoms with E-state index in [0.29, 0.717) is 26.2 Å². The van der Waals surface area contributed by atoms with Crippen molar-refractivity contribution >= 4 is 11.7 Å². The van der Waals surface area contributed by atoms with Gasteiger partial charge in [0.05, 0.1) is 13.2 Å². The van der Waals surface area contributed by atoms with Crippen LogP contribution in [0.4, 0.5) is 0 Å². The maximum Gasteiger partial charge on any atom is 0.303 e. The number of unbranched alkanes of at least 4 members (excludes halogenated alkanes) is 4. The van der Waals surface area contributed by atoms with Gasteiger partial charge in [0, 0.05) is 17.5 Å². The molecule has 0 fully saturated rings. The van der Waals surface area contributed by atoms with Crippen molar-refractivity contribution in [1.29, 1.82) is 0 Å². The molecule has 0 atom stereocenters. The zero-order valence-electron chi connectivity index (χ0n) is 19.9. The number of ether oxygens (including phenoxy) is 2. The Labute approximate surface area is 197 Å². The largest absolute Gasteiger partial charge is 0.494 e. The van der Waals surface area contributed by atoms with E-state index in [4.69, 9.17) is 19.4 Å². The monoisotopic (exact) mass is 455 g/mol. The molecule has 0 heterocycles. The minimum atomic E-state index is -0.763. The second-order valence-corrected chi connectivity index (χ2v) is 7.93. The van der Waals surface area contributed by atoms with Crippen LogP contribution >= 0.6 is 0 Å². The number of carboxylic acid groups (broad SMARTS) is 1. The van der Waals surface area contributed by atoms with Gasteiger partial charge in [-0.1, -0.05) is 31.8 Å². The minimum absolute atomic E-state index is 0.188. The number of carbonyl (C=O) groups is 1. The third-order valence-corrected chi connectivity index (χ3v) is 5.07. The van der Waals surface area contributed by atoms with Gasteiger partial charge in [-0.05, 0) is 80.6 Å². The molecule has 180 valence electrons. The van der Waals surface area contributed by atoms with Crippen LogP contribution in [0.1, 0.15) is 76.3 Å². The minimum Gasteiger partial charge on any atom is -0.494 e. The topological polar surface area (TPSA) is 77.4 Å². The number of aliphatic carboxylic acids is 1. The molecule has 0 unspecified atom stereocenters. The Morgan fingerprint density at radius 3 is 1.70 bits per heavy atom. The highest BCUT2D eigenvalue weighted by Gasteiger charge is 2.10. The lowest BCUT2D eigenvalue weighted by atomic mass is 10.0. The molecule has 0 spiro atoms. The van der Waals surface area contributed by atoms with Gasteiger partial charge >= 0.3 is 5.97 Å². The van der Waals surface area contributed by atoms with Gasteiger partial charge in [0.25, 0.3) is 0 Å². The van der Waals surface area contributed by atoms with E-state index >= 15 is 0 Å². The first-order chi connectivity index (χ1) is 16.1. The number of hydrogen-bond donors (Lipinski definition) is 1. The third kappa shape index (κ3) is 10.4. The average molecular weight is 456 g/mol. The third-order valence-electron chi connectivity index (χ3n) is 5.07. The van der Waals surface area contributed by atoms with E-state index in [0.717, 1.165) is 66.9 Å². The van der Waals surface area contributed by atoms with Crippen LogP contribution in [-0.2, 0) is 9.63 Å². The van der Waals surface area contributed by atoms with E-state index in [-0.39, 0.29) is 6.42 Å². The summed E-state index contributed by atoms with van der Waals surface area (Å²) >= 11 is 0. The van der Waals surface area contributed by atoms with Crippen LogP contribution in [0.3, 0.4) is 0 Å². The molecule has 0 saturated carbocycles. The summed E-state index contributed by atoms with van der Waals surface area (Å²) in [6, 6.07) is 15.8. The normalized spacial score (nSPS) is 10.5. The molecule has 33 heavy (non-hydrogen) atoms. The zero-order chi connectivity index (χ0) is 23.7. The smallest absolute Gasteiger partial charge is 0.303 e. The number of hydrogen-bond acceptors (Lipinski definition) is 5. The summed E-state index contributed by atoms with van der Waals surface area (Å²) in [6.07, 6.45) is 6.65. The van der Waals surface area contributed by atoms with Crippen molar-refractivity contribution in [3.05, 3.63) is 59.7 Å². The molecule has 0 aliphatic rings. The van der Waals surface area contributed by atoms with Crippen LogP contribution in [0, 0.1) is 0 Å². The Hall–Kier alpha value is -3.02. The quantitative estimate of drug-likeness (QED) is 0.168. The van der Waals surface area contributed by atoms with Crippen LogP contribution in [0.25, 0.3) is 0 Å². The van der Waals surface area contributed by atoms with Gasteiger partial charge in [-0.3, -0.25) is 4.79 Å². The first-order valence-electron chi connectivity index (χ1n) is 12.0. The van der Waals surface area contributed by atoms with Gasteiger partial charge < -0.3 is 19.4 Å². The standard InChI is InChI=1S/C27H37NO5/c1-3-5-19-31-24-15-11-22(12-16-24)27(28-33-21-9-7-8-10-26(29)30)23-13-17-25(18-14-23)32-20-6-4-2/h11-18H,3-10,19-21H2,1-2H3,(H,29,30). The molecule has 0 bridgehead atoms. The molecule has 6 nitrogen and oxygen atoms in total. The highest BCUT2D eigenvalue weighted by molar-refractivity contribution is 6.12. The van der Waals surface area contributed by atoms with Crippen molar-refractivity contribution in [3.63, 3.8) is 0 Å². The molecule has 2 aromatic carbocycles. The van der Waals surface area contributed by atoms with Crippen LogP contribution in [0.15, 0.2) is 53.7 Å². The van der Waals surface area contributed by atoms with Crippen molar-refractivity contribution < 1.29 is 24.2 Å². The Balaban J connectivity index is 2.06. The molecule has 0 saturated heterocycles. The fraction of sp³-hybridized carbons (Fsp3) is 0.481. The van der Waals surface area contributed by atoms with Crippen molar-refractivity contribution in [2.75, 3.05) is 19.8 Å². The lowest BCUT2D eigenvalue weighted by Crippen LogP contribution is -2.06. The van der Waals surface area contributed by atoms with Gasteiger partial charge in [-0.25, -0.2) is 0 Å². The molecule has 0 aliphatic carbocycles. The predicted octanol–water partition coefficient (Wildman–Crippen LogP) is 6.46. The Kier molecular flexibility index (Phi) is 12.5. The molecular weight excluding hydrogens is 418 g/mol. The Morgan fingerprint density at radius 1 is 0.727 bits per heavy atom. The molecule has 0 aliphatic heterocycles. The van der Waals surface area contributed by atoms with Crippen molar-refractivity contribution in [2.45, 2.75) is 65.2 Å². The predicted molar refractivity (Wildman–Crippen MR) is 131 cm³/mol. The van der Waals surface area contributed by atoms with Crippen LogP contribution in [0.5, 0.6) is 11.5 Å². The SMILES string of the molecule is CCCCOc1ccc(C(=NOCCCCCC(=O)O)c2ccc(OCCCC)cc2)cc1. The summed E-state index contributed by atoms with van der Waals surface area (Å²) in [4.78, 5) is 16.2. The van der Waals surface area contributed by atoms with Crippen LogP contribution in [-0.4, -0.2) is 36.6 Å². The Bertz CT molecular complexity index is 775. The van der Waals surface area contributed by atoms with Gasteiger partial charge in [0.15, 0.2) is 0 Å². The highest BCUT2D eigenvalue weighted by Crippen LogP contribution is 2.20. The summed E-state index contributed by atoms with van der Waals surface area (Å²) in [6.45, 7) is 6.14. The number of oxime groups is 1. The second kappa shape index (κ2) is 15.7. The van der Waals surface area contributed by atoms with E-state index < -0.39 is 5.97 Å². The summed E-state index contributed by atoms with van der Waals surface area (Å²) in [5, 5.41) is 13.2. The van der Waals surface area contributed by atoms with Gasteiger partial charge in [-0.15, -0.1) is 0 Å². The van der Waals surface area contributed by atoms with E-state index in [2.05, 4.69) is 19.0 Å². The molecule has 2 rings (SSSR count). The van der Waals surface area contributed by atoms with E-state index in [1.807, 2.05) is 48.5 Å². The van der Waals surface area contributed by atoms with E-state index in [1.165, 1.54) is 0 Å². The molecule has 6 heteroatoms. The van der Waals surface area contributed by atoms with Gasteiger partial charge in [0.1, 0.15) is 23.8 Å². The first-order valence-corrected chi connectivity index (χ1v) is 12.0. The molecule has 0 amide bonds. The van der Waals surface area contributed by atoms with Crippen LogP contribution in [0.2, 0.25) is 0 Å². The van der Waals surface area contributed by atoms with Crippen LogP contribution < -0.4 is 9.47 Å². The fourth-order valence-electron chi connectivity index (χ4n) is 3.09. The van der Waals surface area contributed by atoms with Crippen molar-refractivity contribution in [2.24, 2.45) is 5.16 Å². The second-order valence-electron chi connectivity index (χ2n) is 7.93. The summed E-state index contributed by atoms with van der Waals surface area (Å²) in [5.74, 6) is 0.914. The summed E-state index contributed by atoms with van der Waals surface area (Å²) in [5.41, 5.74) is 2.60. The average Bonchev–Trinajstić information content (AvgIpc) is 2.82. The zero-order valence-corrected chi connectivity index (χ0v) is 19.9. The number of carboxylic acids is 1. The molecule has 0 radical (unpaired) electrons. The van der Waals surface area contributed by atoms with E-state index in [9.17, 15) is 4.79 Å². The van der Waals surface area contributed by atoms with Crippen molar-refractivity contribution in [1.82, 2.24) is 0 Å². The highest BCUT2D eigenvalue weighted by atomic mass is 16.6. The molecule has 0 aromatic heterocycles. The molecule has 2 aromatic rings. The van der Waals surface area contributed by atoms with Crippen molar-refractivity contribution in [3.8, 4) is 11.5 Å². The lowest BCUT2D eigenvalue weighted by molar-refractivity contribution is -0.137. The number of nitrogens with zero attached hydrogens (tertiary/aromatic N) is 1. The number of rotatable bonds is 17. The van der Waals surface area contributed by atoms with E-state index in [1.54, 1.807) is 0 Å². The van der Waals surface area contributed by atoms with Gasteiger partial charge in [-0.2, -0.15) is 0 Å². The fourth-order valence-corrected chi connectivity index (χ4v) is 3.09.